The summed E-state index contributed by atoms with van der Waals surface area (Å²) in [7, 11) is 1.91. The smallest absolute Gasteiger partial charge is 0.233 e. The van der Waals surface area contributed by atoms with Crippen LogP contribution in [0.15, 0.2) is 30.3 Å². The number of hydrogen-bond acceptors (Lipinski definition) is 2. The zero-order valence-corrected chi connectivity index (χ0v) is 15.1. The fourth-order valence-electron chi connectivity index (χ4n) is 5.31. The molecular formula is C21H28N2O2. The summed E-state index contributed by atoms with van der Waals surface area (Å²) in [6.07, 6.45) is 6.92. The number of amides is 2. The van der Waals surface area contributed by atoms with Crippen molar-refractivity contribution in [3.63, 3.8) is 0 Å². The Bertz CT molecular complexity index is 651. The molecule has 2 saturated heterocycles. The Hall–Kier alpha value is -1.84. The number of likely N-dealkylation sites (tertiary alicyclic amines) is 2. The van der Waals surface area contributed by atoms with Gasteiger partial charge < -0.3 is 9.80 Å². The standard InChI is InChI=1S/C21H28N2O2/c1-22-18-10-13-23(15-16(18)14-19(22)24)20(25)21(11-6-3-7-12-21)17-8-4-2-5-9-17/h2,4-5,8-9,16,18H,3,6-7,10-15H2,1H3/t16-,18+/m1/s1. The highest BCUT2D eigenvalue weighted by molar-refractivity contribution is 5.89. The third-order valence-corrected chi connectivity index (χ3v) is 6.75. The molecule has 25 heavy (non-hydrogen) atoms. The van der Waals surface area contributed by atoms with E-state index in [2.05, 4.69) is 29.2 Å². The van der Waals surface area contributed by atoms with Gasteiger partial charge >= 0.3 is 0 Å². The second kappa shape index (κ2) is 6.47. The van der Waals surface area contributed by atoms with Gasteiger partial charge in [-0.2, -0.15) is 0 Å². The van der Waals surface area contributed by atoms with Crippen molar-refractivity contribution in [2.75, 3.05) is 20.1 Å². The summed E-state index contributed by atoms with van der Waals surface area (Å²) < 4.78 is 0. The number of carbonyl (C=O) groups excluding carboxylic acids is 2. The summed E-state index contributed by atoms with van der Waals surface area (Å²) in [5.41, 5.74) is 0.836. The van der Waals surface area contributed by atoms with Crippen LogP contribution in [0.25, 0.3) is 0 Å². The van der Waals surface area contributed by atoms with E-state index in [4.69, 9.17) is 0 Å². The van der Waals surface area contributed by atoms with Gasteiger partial charge in [0.25, 0.3) is 0 Å². The molecular weight excluding hydrogens is 312 g/mol. The van der Waals surface area contributed by atoms with E-state index in [-0.39, 0.29) is 11.3 Å². The van der Waals surface area contributed by atoms with Crippen molar-refractivity contribution >= 4 is 11.8 Å². The van der Waals surface area contributed by atoms with Gasteiger partial charge in [0, 0.05) is 38.5 Å². The van der Waals surface area contributed by atoms with Crippen molar-refractivity contribution in [2.45, 2.75) is 56.4 Å². The molecule has 0 N–H and O–H groups in total. The molecule has 0 spiro atoms. The van der Waals surface area contributed by atoms with Crippen molar-refractivity contribution in [3.8, 4) is 0 Å². The van der Waals surface area contributed by atoms with Gasteiger partial charge in [-0.3, -0.25) is 9.59 Å². The monoisotopic (exact) mass is 340 g/mol. The van der Waals surface area contributed by atoms with Crippen LogP contribution in [0.5, 0.6) is 0 Å². The molecule has 3 aliphatic rings. The van der Waals surface area contributed by atoms with Crippen LogP contribution in [-0.4, -0.2) is 47.8 Å². The minimum atomic E-state index is -0.346. The normalized spacial score (nSPS) is 28.8. The van der Waals surface area contributed by atoms with E-state index in [9.17, 15) is 9.59 Å². The van der Waals surface area contributed by atoms with Crippen LogP contribution in [0.4, 0.5) is 0 Å². The quantitative estimate of drug-likeness (QED) is 0.830. The molecule has 0 radical (unpaired) electrons. The second-order valence-electron chi connectivity index (χ2n) is 8.08. The molecule has 4 rings (SSSR count). The lowest BCUT2D eigenvalue weighted by molar-refractivity contribution is -0.141. The number of benzene rings is 1. The maximum absolute atomic E-state index is 13.7. The third-order valence-electron chi connectivity index (χ3n) is 6.75. The van der Waals surface area contributed by atoms with Gasteiger partial charge in [-0.1, -0.05) is 49.6 Å². The van der Waals surface area contributed by atoms with Gasteiger partial charge in [0.1, 0.15) is 0 Å². The Labute approximate surface area is 150 Å². The molecule has 1 aromatic carbocycles. The molecule has 4 nitrogen and oxygen atoms in total. The van der Waals surface area contributed by atoms with Crippen LogP contribution < -0.4 is 0 Å². The van der Waals surface area contributed by atoms with Gasteiger partial charge in [0.15, 0.2) is 0 Å². The highest BCUT2D eigenvalue weighted by atomic mass is 16.2. The molecule has 4 heteroatoms. The maximum Gasteiger partial charge on any atom is 0.233 e. The number of fused-ring (bicyclic) bond motifs is 1. The van der Waals surface area contributed by atoms with E-state index in [1.807, 2.05) is 18.0 Å². The van der Waals surface area contributed by atoms with Gasteiger partial charge in [0.05, 0.1) is 5.41 Å². The average molecular weight is 340 g/mol. The predicted octanol–water partition coefficient (Wildman–Crippen LogP) is 2.97. The number of carbonyl (C=O) groups is 2. The summed E-state index contributed by atoms with van der Waals surface area (Å²) in [4.78, 5) is 29.7. The van der Waals surface area contributed by atoms with Crippen molar-refractivity contribution in [1.82, 2.24) is 9.80 Å². The fraction of sp³-hybridized carbons (Fsp3) is 0.619. The van der Waals surface area contributed by atoms with Gasteiger partial charge in [-0.15, -0.1) is 0 Å². The van der Waals surface area contributed by atoms with Crippen molar-refractivity contribution in [3.05, 3.63) is 35.9 Å². The zero-order chi connectivity index (χ0) is 17.4. The van der Waals surface area contributed by atoms with Crippen LogP contribution in [0.1, 0.15) is 50.5 Å². The summed E-state index contributed by atoms with van der Waals surface area (Å²) in [5.74, 6) is 0.852. The van der Waals surface area contributed by atoms with Crippen LogP contribution in [0.3, 0.4) is 0 Å². The second-order valence-corrected chi connectivity index (χ2v) is 8.08. The lowest BCUT2D eigenvalue weighted by atomic mass is 9.68. The Balaban J connectivity index is 1.59. The van der Waals surface area contributed by atoms with Crippen LogP contribution in [0.2, 0.25) is 0 Å². The number of hydrogen-bond donors (Lipinski definition) is 0. The SMILES string of the molecule is CN1C(=O)C[C@@H]2CN(C(=O)C3(c4ccccc4)CCCCC3)CC[C@@H]21. The first-order valence-electron chi connectivity index (χ1n) is 9.72. The molecule has 1 aromatic rings. The molecule has 0 aromatic heterocycles. The Morgan fingerprint density at radius 1 is 1.12 bits per heavy atom. The zero-order valence-electron chi connectivity index (χ0n) is 15.1. The molecule has 134 valence electrons. The number of nitrogens with zero attached hydrogens (tertiary/aromatic N) is 2. The van der Waals surface area contributed by atoms with Crippen LogP contribution in [0, 0.1) is 5.92 Å². The first-order chi connectivity index (χ1) is 12.1. The van der Waals surface area contributed by atoms with Gasteiger partial charge in [-0.25, -0.2) is 0 Å². The molecule has 2 aliphatic heterocycles. The summed E-state index contributed by atoms with van der Waals surface area (Å²) in [6, 6.07) is 10.7. The van der Waals surface area contributed by atoms with Gasteiger partial charge in [-0.05, 0) is 24.8 Å². The van der Waals surface area contributed by atoms with E-state index in [0.29, 0.717) is 24.3 Å². The first-order valence-corrected chi connectivity index (χ1v) is 9.72. The van der Waals surface area contributed by atoms with E-state index < -0.39 is 0 Å². The maximum atomic E-state index is 13.7. The minimum absolute atomic E-state index is 0.236. The Kier molecular flexibility index (Phi) is 4.30. The molecule has 2 atom stereocenters. The highest BCUT2D eigenvalue weighted by Crippen LogP contribution is 2.42. The van der Waals surface area contributed by atoms with Crippen molar-refractivity contribution < 1.29 is 9.59 Å². The van der Waals surface area contributed by atoms with Crippen LogP contribution in [-0.2, 0) is 15.0 Å². The number of piperidine rings is 1. The molecule has 2 heterocycles. The highest BCUT2D eigenvalue weighted by Gasteiger charge is 2.47. The first kappa shape index (κ1) is 16.6. The molecule has 0 bridgehead atoms. The Morgan fingerprint density at radius 3 is 2.56 bits per heavy atom. The lowest BCUT2D eigenvalue weighted by Gasteiger charge is -2.44. The molecule has 1 saturated carbocycles. The molecule has 2 amide bonds. The van der Waals surface area contributed by atoms with Crippen molar-refractivity contribution in [2.24, 2.45) is 5.92 Å². The van der Waals surface area contributed by atoms with Crippen molar-refractivity contribution in [1.29, 1.82) is 0 Å². The van der Waals surface area contributed by atoms with E-state index in [1.165, 1.54) is 12.0 Å². The van der Waals surface area contributed by atoms with Gasteiger partial charge in [0.2, 0.25) is 11.8 Å². The minimum Gasteiger partial charge on any atom is -0.342 e. The molecule has 0 unspecified atom stereocenters. The largest absolute Gasteiger partial charge is 0.342 e. The van der Waals surface area contributed by atoms with Crippen LogP contribution >= 0.6 is 0 Å². The topological polar surface area (TPSA) is 40.6 Å². The predicted molar refractivity (Wildman–Crippen MR) is 97.1 cm³/mol. The lowest BCUT2D eigenvalue weighted by Crippen LogP contribution is -2.54. The number of rotatable bonds is 2. The van der Waals surface area contributed by atoms with E-state index >= 15 is 0 Å². The molecule has 3 fully saturated rings. The summed E-state index contributed by atoms with van der Waals surface area (Å²) >= 11 is 0. The third kappa shape index (κ3) is 2.76. The fourth-order valence-corrected chi connectivity index (χ4v) is 5.31. The summed E-state index contributed by atoms with van der Waals surface area (Å²) in [5, 5.41) is 0. The Morgan fingerprint density at radius 2 is 1.84 bits per heavy atom. The van der Waals surface area contributed by atoms with E-state index in [1.54, 1.807) is 0 Å². The average Bonchev–Trinajstić information content (AvgIpc) is 2.96. The summed E-state index contributed by atoms with van der Waals surface area (Å²) in [6.45, 7) is 1.53. The van der Waals surface area contributed by atoms with E-state index in [0.717, 1.165) is 45.2 Å². The molecule has 1 aliphatic carbocycles.